The van der Waals surface area contributed by atoms with Gasteiger partial charge in [0.25, 0.3) is 5.91 Å². The van der Waals surface area contributed by atoms with E-state index in [1.54, 1.807) is 24.0 Å². The third-order valence-corrected chi connectivity index (χ3v) is 3.68. The van der Waals surface area contributed by atoms with Crippen LogP contribution in [0.1, 0.15) is 30.3 Å². The Balaban J connectivity index is 2.04. The molecule has 1 saturated heterocycles. The van der Waals surface area contributed by atoms with Crippen LogP contribution in [0.5, 0.6) is 0 Å². The fourth-order valence-electron chi connectivity index (χ4n) is 2.11. The number of rotatable bonds is 2. The molecule has 0 radical (unpaired) electrons. The molecule has 102 valence electrons. The molecule has 6 nitrogen and oxygen atoms in total. The van der Waals surface area contributed by atoms with Crippen LogP contribution in [0.3, 0.4) is 0 Å². The summed E-state index contributed by atoms with van der Waals surface area (Å²) in [7, 11) is 0. The molecule has 1 aromatic heterocycles. The first-order valence-corrected chi connectivity index (χ1v) is 6.16. The lowest BCUT2D eigenvalue weighted by molar-refractivity contribution is -0.150. The van der Waals surface area contributed by atoms with E-state index in [4.69, 9.17) is 10.8 Å². The molecule has 0 bridgehead atoms. The van der Waals surface area contributed by atoms with Crippen LogP contribution in [0.2, 0.25) is 0 Å². The lowest BCUT2D eigenvalue weighted by atomic mass is 9.80. The average Bonchev–Trinajstić information content (AvgIpc) is 2.39. The number of hydrogen-bond acceptors (Lipinski definition) is 4. The maximum atomic E-state index is 12.2. The first-order valence-electron chi connectivity index (χ1n) is 6.16. The summed E-state index contributed by atoms with van der Waals surface area (Å²) < 4.78 is 0. The fraction of sp³-hybridized carbons (Fsp3) is 0.462. The smallest absolute Gasteiger partial charge is 0.309 e. The van der Waals surface area contributed by atoms with E-state index >= 15 is 0 Å². The lowest BCUT2D eigenvalue weighted by Crippen LogP contribution is -2.45. The standard InChI is InChI=1S/C13H17N3O3/c1-13(12(18)19)4-6-16(7-5-13)11(17)10-3-2-9(14)8-15-10/h2-3,8H,4-7,14H2,1H3,(H,18,19). The largest absolute Gasteiger partial charge is 0.481 e. The van der Waals surface area contributed by atoms with Crippen LogP contribution < -0.4 is 5.73 Å². The molecule has 0 spiro atoms. The maximum Gasteiger partial charge on any atom is 0.309 e. The Morgan fingerprint density at radius 1 is 1.37 bits per heavy atom. The molecule has 0 atom stereocenters. The van der Waals surface area contributed by atoms with Gasteiger partial charge >= 0.3 is 5.97 Å². The van der Waals surface area contributed by atoms with Crippen LogP contribution in [0, 0.1) is 5.41 Å². The quantitative estimate of drug-likeness (QED) is 0.829. The summed E-state index contributed by atoms with van der Waals surface area (Å²) in [4.78, 5) is 28.9. The van der Waals surface area contributed by atoms with Crippen LogP contribution in [-0.2, 0) is 4.79 Å². The highest BCUT2D eigenvalue weighted by Crippen LogP contribution is 2.31. The van der Waals surface area contributed by atoms with Crippen molar-refractivity contribution < 1.29 is 14.7 Å². The zero-order valence-corrected chi connectivity index (χ0v) is 10.8. The molecular formula is C13H17N3O3. The van der Waals surface area contributed by atoms with Crippen molar-refractivity contribution in [2.45, 2.75) is 19.8 Å². The minimum Gasteiger partial charge on any atom is -0.481 e. The van der Waals surface area contributed by atoms with Gasteiger partial charge in [0.05, 0.1) is 17.3 Å². The number of likely N-dealkylation sites (tertiary alicyclic amines) is 1. The molecule has 0 saturated carbocycles. The first-order chi connectivity index (χ1) is 8.92. The van der Waals surface area contributed by atoms with E-state index in [2.05, 4.69) is 4.98 Å². The van der Waals surface area contributed by atoms with Crippen molar-refractivity contribution in [3.63, 3.8) is 0 Å². The summed E-state index contributed by atoms with van der Waals surface area (Å²) in [5.74, 6) is -0.974. The number of pyridine rings is 1. The van der Waals surface area contributed by atoms with Crippen molar-refractivity contribution in [2.75, 3.05) is 18.8 Å². The number of anilines is 1. The third kappa shape index (κ3) is 2.67. The normalized spacial score (nSPS) is 18.1. The van der Waals surface area contributed by atoms with Gasteiger partial charge in [-0.15, -0.1) is 0 Å². The zero-order chi connectivity index (χ0) is 14.0. The number of piperidine rings is 1. The second-order valence-corrected chi connectivity index (χ2v) is 5.13. The van der Waals surface area contributed by atoms with Gasteiger partial charge in [-0.3, -0.25) is 9.59 Å². The molecule has 1 aliphatic rings. The van der Waals surface area contributed by atoms with Gasteiger partial charge in [-0.25, -0.2) is 4.98 Å². The van der Waals surface area contributed by atoms with Gasteiger partial charge in [0.15, 0.2) is 0 Å². The van der Waals surface area contributed by atoms with Gasteiger partial charge in [-0.2, -0.15) is 0 Å². The van der Waals surface area contributed by atoms with Gasteiger partial charge in [-0.05, 0) is 31.9 Å². The Morgan fingerprint density at radius 2 is 2.00 bits per heavy atom. The van der Waals surface area contributed by atoms with Gasteiger partial charge in [-0.1, -0.05) is 0 Å². The number of carbonyl (C=O) groups is 2. The van der Waals surface area contributed by atoms with E-state index in [1.165, 1.54) is 6.20 Å². The molecule has 2 rings (SSSR count). The fourth-order valence-corrected chi connectivity index (χ4v) is 2.11. The number of carbonyl (C=O) groups excluding carboxylic acids is 1. The Kier molecular flexibility index (Phi) is 3.42. The number of amides is 1. The Hall–Kier alpha value is -2.11. The molecule has 19 heavy (non-hydrogen) atoms. The van der Waals surface area contributed by atoms with Gasteiger partial charge in [0.2, 0.25) is 0 Å². The number of aromatic nitrogens is 1. The summed E-state index contributed by atoms with van der Waals surface area (Å²) in [6.07, 6.45) is 2.37. The minimum atomic E-state index is -0.801. The number of hydrogen-bond donors (Lipinski definition) is 2. The van der Waals surface area contributed by atoms with Crippen molar-refractivity contribution in [3.05, 3.63) is 24.0 Å². The number of carboxylic acid groups (broad SMARTS) is 1. The molecule has 1 fully saturated rings. The van der Waals surface area contributed by atoms with E-state index in [-0.39, 0.29) is 5.91 Å². The van der Waals surface area contributed by atoms with E-state index < -0.39 is 11.4 Å². The summed E-state index contributed by atoms with van der Waals surface area (Å²) in [6.45, 7) is 2.60. The number of aliphatic carboxylic acids is 1. The van der Waals surface area contributed by atoms with Gasteiger partial charge < -0.3 is 15.7 Å². The molecule has 1 amide bonds. The first kappa shape index (κ1) is 13.3. The van der Waals surface area contributed by atoms with Crippen molar-refractivity contribution in [3.8, 4) is 0 Å². The van der Waals surface area contributed by atoms with Gasteiger partial charge in [0, 0.05) is 13.1 Å². The van der Waals surface area contributed by atoms with Crippen LogP contribution in [0.25, 0.3) is 0 Å². The Labute approximate surface area is 111 Å². The summed E-state index contributed by atoms with van der Waals surface area (Å²) >= 11 is 0. The highest BCUT2D eigenvalue weighted by molar-refractivity contribution is 5.92. The number of nitrogens with two attached hydrogens (primary N) is 1. The predicted molar refractivity (Wildman–Crippen MR) is 69.5 cm³/mol. The molecular weight excluding hydrogens is 246 g/mol. The molecule has 0 aromatic carbocycles. The zero-order valence-electron chi connectivity index (χ0n) is 10.8. The average molecular weight is 263 g/mol. The Morgan fingerprint density at radius 3 is 2.47 bits per heavy atom. The van der Waals surface area contributed by atoms with Crippen molar-refractivity contribution in [1.29, 1.82) is 0 Å². The van der Waals surface area contributed by atoms with E-state index in [0.717, 1.165) is 0 Å². The van der Waals surface area contributed by atoms with Crippen molar-refractivity contribution in [2.24, 2.45) is 5.41 Å². The maximum absolute atomic E-state index is 12.2. The van der Waals surface area contributed by atoms with Gasteiger partial charge in [0.1, 0.15) is 5.69 Å². The molecule has 0 unspecified atom stereocenters. The number of nitrogens with zero attached hydrogens (tertiary/aromatic N) is 2. The summed E-state index contributed by atoms with van der Waals surface area (Å²) in [6, 6.07) is 3.22. The van der Waals surface area contributed by atoms with E-state index in [9.17, 15) is 9.59 Å². The summed E-state index contributed by atoms with van der Waals surface area (Å²) in [5, 5.41) is 9.14. The van der Waals surface area contributed by atoms with Crippen LogP contribution in [0.15, 0.2) is 18.3 Å². The highest BCUT2D eigenvalue weighted by Gasteiger charge is 2.38. The number of carboxylic acids is 1. The lowest BCUT2D eigenvalue weighted by Gasteiger charge is -2.36. The molecule has 2 heterocycles. The van der Waals surface area contributed by atoms with Crippen LogP contribution >= 0.6 is 0 Å². The third-order valence-electron chi connectivity index (χ3n) is 3.68. The predicted octanol–water partition coefficient (Wildman–Crippen LogP) is 0.991. The van der Waals surface area contributed by atoms with E-state index in [0.29, 0.717) is 37.3 Å². The van der Waals surface area contributed by atoms with Crippen LogP contribution in [-0.4, -0.2) is 40.0 Å². The second-order valence-electron chi connectivity index (χ2n) is 5.13. The number of nitrogen functional groups attached to an aromatic ring is 1. The van der Waals surface area contributed by atoms with Crippen molar-refractivity contribution >= 4 is 17.6 Å². The molecule has 1 aliphatic heterocycles. The molecule has 6 heteroatoms. The minimum absolute atomic E-state index is 0.174. The molecule has 0 aliphatic carbocycles. The summed E-state index contributed by atoms with van der Waals surface area (Å²) in [5.41, 5.74) is 5.64. The molecule has 1 aromatic rings. The highest BCUT2D eigenvalue weighted by atomic mass is 16.4. The second kappa shape index (κ2) is 4.87. The Bertz CT molecular complexity index is 490. The topological polar surface area (TPSA) is 96.5 Å². The van der Waals surface area contributed by atoms with Crippen LogP contribution in [0.4, 0.5) is 5.69 Å². The SMILES string of the molecule is CC1(C(=O)O)CCN(C(=O)c2ccc(N)cn2)CC1. The monoisotopic (exact) mass is 263 g/mol. The van der Waals surface area contributed by atoms with Crippen molar-refractivity contribution in [1.82, 2.24) is 9.88 Å². The van der Waals surface area contributed by atoms with E-state index in [1.807, 2.05) is 0 Å². The molecule has 3 N–H and O–H groups in total.